The molecule has 0 bridgehead atoms. The van der Waals surface area contributed by atoms with Crippen molar-refractivity contribution in [3.8, 4) is 0 Å². The van der Waals surface area contributed by atoms with E-state index in [0.717, 1.165) is 31.2 Å². The quantitative estimate of drug-likeness (QED) is 0.705. The topological polar surface area (TPSA) is 49.4 Å². The Labute approximate surface area is 166 Å². The van der Waals surface area contributed by atoms with E-state index in [4.69, 9.17) is 23.2 Å². The van der Waals surface area contributed by atoms with Crippen LogP contribution in [0, 0.1) is 0 Å². The molecule has 1 aromatic carbocycles. The molecule has 144 valence electrons. The Morgan fingerprint density at radius 3 is 2.46 bits per heavy atom. The maximum atomic E-state index is 12.9. The van der Waals surface area contributed by atoms with Crippen molar-refractivity contribution in [2.24, 2.45) is 0 Å². The molecule has 1 aliphatic rings. The van der Waals surface area contributed by atoms with Gasteiger partial charge in [-0.3, -0.25) is 9.59 Å². The lowest BCUT2D eigenvalue weighted by molar-refractivity contribution is -0.141. The summed E-state index contributed by atoms with van der Waals surface area (Å²) in [5.41, 5.74) is 0.793. The lowest BCUT2D eigenvalue weighted by Gasteiger charge is -2.32. The van der Waals surface area contributed by atoms with E-state index in [-0.39, 0.29) is 17.9 Å². The summed E-state index contributed by atoms with van der Waals surface area (Å²) in [4.78, 5) is 27.1. The molecule has 1 N–H and O–H groups in total. The zero-order valence-electron chi connectivity index (χ0n) is 15.6. The molecule has 0 saturated heterocycles. The Kier molecular flexibility index (Phi) is 8.23. The van der Waals surface area contributed by atoms with E-state index in [1.807, 2.05) is 19.9 Å². The molecule has 0 radical (unpaired) electrons. The Morgan fingerprint density at radius 1 is 1.19 bits per heavy atom. The van der Waals surface area contributed by atoms with E-state index in [0.29, 0.717) is 29.4 Å². The zero-order chi connectivity index (χ0) is 19.1. The van der Waals surface area contributed by atoms with Crippen molar-refractivity contribution in [2.75, 3.05) is 0 Å². The van der Waals surface area contributed by atoms with Crippen molar-refractivity contribution in [1.29, 1.82) is 0 Å². The molecule has 0 aromatic heterocycles. The first-order valence-electron chi connectivity index (χ1n) is 9.50. The summed E-state index contributed by atoms with van der Waals surface area (Å²) in [7, 11) is 0. The lowest BCUT2D eigenvalue weighted by atomic mass is 9.95. The highest BCUT2D eigenvalue weighted by Crippen LogP contribution is 2.24. The van der Waals surface area contributed by atoms with Gasteiger partial charge in [0.05, 0.1) is 0 Å². The number of nitrogens with one attached hydrogen (secondary N) is 1. The molecule has 1 saturated carbocycles. The summed E-state index contributed by atoms with van der Waals surface area (Å²) in [6, 6.07) is 4.96. The van der Waals surface area contributed by atoms with E-state index >= 15 is 0 Å². The molecule has 1 fully saturated rings. The third-order valence-electron chi connectivity index (χ3n) is 5.00. The van der Waals surface area contributed by atoms with E-state index in [1.54, 1.807) is 17.0 Å². The van der Waals surface area contributed by atoms with Crippen molar-refractivity contribution in [3.63, 3.8) is 0 Å². The van der Waals surface area contributed by atoms with Crippen LogP contribution in [0.2, 0.25) is 10.0 Å². The van der Waals surface area contributed by atoms with Crippen LogP contribution in [0.5, 0.6) is 0 Å². The molecule has 1 aromatic rings. The number of carbonyl (C=O) groups excluding carboxylic acids is 2. The minimum atomic E-state index is -0.490. The second-order valence-electron chi connectivity index (χ2n) is 6.88. The lowest BCUT2D eigenvalue weighted by Crippen LogP contribution is -2.51. The number of hydrogen-bond acceptors (Lipinski definition) is 2. The van der Waals surface area contributed by atoms with E-state index in [9.17, 15) is 9.59 Å². The van der Waals surface area contributed by atoms with Crippen LogP contribution in [-0.2, 0) is 16.1 Å². The standard InChI is InChI=1S/C20H28Cl2N2O2/c1-3-18(20(26)23-16-8-6-5-7-9-16)24(19(25)4-2)13-14-10-11-15(21)12-17(14)22/h10-12,16,18H,3-9,13H2,1-2H3,(H,23,26). The average Bonchev–Trinajstić information content (AvgIpc) is 2.63. The molecule has 1 atom stereocenters. The minimum Gasteiger partial charge on any atom is -0.352 e. The Morgan fingerprint density at radius 2 is 1.88 bits per heavy atom. The summed E-state index contributed by atoms with van der Waals surface area (Å²) in [6.07, 6.45) is 6.49. The Balaban J connectivity index is 2.16. The smallest absolute Gasteiger partial charge is 0.243 e. The van der Waals surface area contributed by atoms with E-state index < -0.39 is 6.04 Å². The minimum absolute atomic E-state index is 0.0540. The zero-order valence-corrected chi connectivity index (χ0v) is 17.1. The molecule has 2 rings (SSSR count). The summed E-state index contributed by atoms with van der Waals surface area (Å²) in [6.45, 7) is 4.05. The molecule has 6 heteroatoms. The molecule has 0 spiro atoms. The number of benzene rings is 1. The average molecular weight is 399 g/mol. The van der Waals surface area contributed by atoms with Crippen LogP contribution in [0.15, 0.2) is 18.2 Å². The van der Waals surface area contributed by atoms with Crippen molar-refractivity contribution in [1.82, 2.24) is 10.2 Å². The van der Waals surface area contributed by atoms with Gasteiger partial charge in [0.15, 0.2) is 0 Å². The fourth-order valence-electron chi connectivity index (χ4n) is 3.50. The van der Waals surface area contributed by atoms with Crippen LogP contribution in [0.4, 0.5) is 0 Å². The molecule has 2 amide bonds. The largest absolute Gasteiger partial charge is 0.352 e. The first kappa shape index (κ1) is 21.0. The number of rotatable bonds is 7. The maximum Gasteiger partial charge on any atom is 0.243 e. The summed E-state index contributed by atoms with van der Waals surface area (Å²) in [5, 5.41) is 4.21. The van der Waals surface area contributed by atoms with Crippen molar-refractivity contribution >= 4 is 35.0 Å². The van der Waals surface area contributed by atoms with Crippen LogP contribution in [-0.4, -0.2) is 28.8 Å². The fourth-order valence-corrected chi connectivity index (χ4v) is 3.97. The predicted molar refractivity (Wildman–Crippen MR) is 106 cm³/mol. The van der Waals surface area contributed by atoms with Gasteiger partial charge in [0.25, 0.3) is 0 Å². The predicted octanol–water partition coefficient (Wildman–Crippen LogP) is 4.96. The summed E-state index contributed by atoms with van der Waals surface area (Å²) in [5.74, 6) is -0.118. The second kappa shape index (κ2) is 10.2. The summed E-state index contributed by atoms with van der Waals surface area (Å²) >= 11 is 12.2. The first-order chi connectivity index (χ1) is 12.5. The highest BCUT2D eigenvalue weighted by atomic mass is 35.5. The summed E-state index contributed by atoms with van der Waals surface area (Å²) < 4.78 is 0. The number of halogens is 2. The van der Waals surface area contributed by atoms with Crippen LogP contribution in [0.25, 0.3) is 0 Å². The third-order valence-corrected chi connectivity index (χ3v) is 5.58. The molecular formula is C20H28Cl2N2O2. The third kappa shape index (κ3) is 5.62. The Hall–Kier alpha value is -1.26. The first-order valence-corrected chi connectivity index (χ1v) is 10.3. The molecule has 0 heterocycles. The fraction of sp³-hybridized carbons (Fsp3) is 0.600. The van der Waals surface area contributed by atoms with Gasteiger partial charge in [-0.1, -0.05) is 62.4 Å². The number of carbonyl (C=O) groups is 2. The van der Waals surface area contributed by atoms with Gasteiger partial charge in [-0.25, -0.2) is 0 Å². The van der Waals surface area contributed by atoms with Gasteiger partial charge in [0.1, 0.15) is 6.04 Å². The van der Waals surface area contributed by atoms with Crippen molar-refractivity contribution < 1.29 is 9.59 Å². The van der Waals surface area contributed by atoms with Crippen molar-refractivity contribution in [3.05, 3.63) is 33.8 Å². The van der Waals surface area contributed by atoms with Crippen LogP contribution in [0.1, 0.15) is 64.4 Å². The Bertz CT molecular complexity index is 630. The normalized spacial score (nSPS) is 16.2. The molecule has 4 nitrogen and oxygen atoms in total. The van der Waals surface area contributed by atoms with Gasteiger partial charge in [0.2, 0.25) is 11.8 Å². The van der Waals surface area contributed by atoms with Gasteiger partial charge < -0.3 is 10.2 Å². The van der Waals surface area contributed by atoms with Gasteiger partial charge in [-0.15, -0.1) is 0 Å². The van der Waals surface area contributed by atoms with E-state index in [1.165, 1.54) is 6.42 Å². The highest BCUT2D eigenvalue weighted by Gasteiger charge is 2.29. The van der Waals surface area contributed by atoms with Crippen molar-refractivity contribution in [2.45, 2.75) is 77.4 Å². The monoisotopic (exact) mass is 398 g/mol. The van der Waals surface area contributed by atoms with Gasteiger partial charge >= 0.3 is 0 Å². The number of nitrogens with zero attached hydrogens (tertiary/aromatic N) is 1. The number of hydrogen-bond donors (Lipinski definition) is 1. The van der Waals surface area contributed by atoms with Gasteiger partial charge in [-0.05, 0) is 37.0 Å². The molecule has 1 unspecified atom stereocenters. The number of amides is 2. The SMILES string of the molecule is CCC(=O)N(Cc1ccc(Cl)cc1Cl)C(CC)C(=O)NC1CCCCC1. The second-order valence-corrected chi connectivity index (χ2v) is 7.72. The highest BCUT2D eigenvalue weighted by molar-refractivity contribution is 6.35. The van der Waals surface area contributed by atoms with Crippen LogP contribution < -0.4 is 5.32 Å². The molecule has 1 aliphatic carbocycles. The molecular weight excluding hydrogens is 371 g/mol. The van der Waals surface area contributed by atoms with Gasteiger partial charge in [-0.2, -0.15) is 0 Å². The maximum absolute atomic E-state index is 12.9. The van der Waals surface area contributed by atoms with E-state index in [2.05, 4.69) is 5.32 Å². The molecule has 26 heavy (non-hydrogen) atoms. The van der Waals surface area contributed by atoms with Gasteiger partial charge in [0, 0.05) is 29.1 Å². The molecule has 0 aliphatic heterocycles. The van der Waals surface area contributed by atoms with Crippen LogP contribution >= 0.6 is 23.2 Å². The van der Waals surface area contributed by atoms with Crippen LogP contribution in [0.3, 0.4) is 0 Å².